The number of halogens is 3. The second-order valence-electron chi connectivity index (χ2n) is 4.21. The number of hydrogen-bond acceptors (Lipinski definition) is 1. The number of rotatable bonds is 4. The van der Waals surface area contributed by atoms with Crippen molar-refractivity contribution >= 4 is 5.91 Å². The van der Waals surface area contributed by atoms with Crippen LogP contribution in [-0.4, -0.2) is 23.9 Å². The molecule has 0 radical (unpaired) electrons. The zero-order valence-electron chi connectivity index (χ0n) is 11.3. The van der Waals surface area contributed by atoms with E-state index < -0.39 is 17.6 Å². The van der Waals surface area contributed by atoms with Crippen LogP contribution in [0.25, 0.3) is 0 Å². The molecule has 1 aromatic carbocycles. The summed E-state index contributed by atoms with van der Waals surface area (Å²) < 4.78 is 39.1. The van der Waals surface area contributed by atoms with Gasteiger partial charge in [-0.2, -0.15) is 13.2 Å². The summed E-state index contributed by atoms with van der Waals surface area (Å²) in [6.07, 6.45) is -4.01. The van der Waals surface area contributed by atoms with Crippen molar-refractivity contribution in [2.24, 2.45) is 0 Å². The molecule has 0 heterocycles. The van der Waals surface area contributed by atoms with Crippen LogP contribution in [-0.2, 0) is 12.6 Å². The summed E-state index contributed by atoms with van der Waals surface area (Å²) in [6.45, 7) is 6.05. The van der Waals surface area contributed by atoms with Gasteiger partial charge in [-0.15, -0.1) is 0 Å². The van der Waals surface area contributed by atoms with Crippen molar-refractivity contribution in [2.45, 2.75) is 33.4 Å². The molecule has 0 unspecified atom stereocenters. The number of benzene rings is 1. The third-order valence-electron chi connectivity index (χ3n) is 3.08. The summed E-state index contributed by atoms with van der Waals surface area (Å²) in [4.78, 5) is 13.5. The highest BCUT2D eigenvalue weighted by Gasteiger charge is 2.36. The molecule has 1 amide bonds. The van der Waals surface area contributed by atoms with E-state index in [2.05, 4.69) is 0 Å². The molecular formula is C14H18F3NO. The Hall–Kier alpha value is -1.52. The van der Waals surface area contributed by atoms with Crippen LogP contribution in [0.5, 0.6) is 0 Å². The summed E-state index contributed by atoms with van der Waals surface area (Å²) in [6, 6.07) is 3.92. The Kier molecular flexibility index (Phi) is 4.97. The molecule has 1 rings (SSSR count). The van der Waals surface area contributed by atoms with Gasteiger partial charge in [-0.25, -0.2) is 0 Å². The topological polar surface area (TPSA) is 20.3 Å². The number of carbonyl (C=O) groups is 1. The number of aryl methyl sites for hydroxylation is 1. The summed E-state index contributed by atoms with van der Waals surface area (Å²) in [5, 5.41) is 0. The average molecular weight is 273 g/mol. The lowest BCUT2D eigenvalue weighted by Crippen LogP contribution is -2.32. The van der Waals surface area contributed by atoms with Crippen LogP contribution in [0.2, 0.25) is 0 Å². The minimum Gasteiger partial charge on any atom is -0.339 e. The second-order valence-corrected chi connectivity index (χ2v) is 4.21. The molecule has 0 saturated heterocycles. The molecule has 2 nitrogen and oxygen atoms in total. The molecule has 5 heteroatoms. The van der Waals surface area contributed by atoms with E-state index in [0.717, 1.165) is 6.07 Å². The van der Waals surface area contributed by atoms with E-state index in [0.29, 0.717) is 25.1 Å². The van der Waals surface area contributed by atoms with Crippen LogP contribution >= 0.6 is 0 Å². The molecule has 0 spiro atoms. The van der Waals surface area contributed by atoms with Gasteiger partial charge in [0, 0.05) is 13.1 Å². The van der Waals surface area contributed by atoms with E-state index in [-0.39, 0.29) is 5.56 Å². The first kappa shape index (κ1) is 15.5. The van der Waals surface area contributed by atoms with Gasteiger partial charge in [0.15, 0.2) is 0 Å². The minimum atomic E-state index is -4.51. The first-order chi connectivity index (χ1) is 8.85. The first-order valence-electron chi connectivity index (χ1n) is 6.34. The van der Waals surface area contributed by atoms with E-state index in [1.807, 2.05) is 0 Å². The highest BCUT2D eigenvalue weighted by molar-refractivity contribution is 5.96. The van der Waals surface area contributed by atoms with Crippen molar-refractivity contribution < 1.29 is 18.0 Å². The van der Waals surface area contributed by atoms with E-state index >= 15 is 0 Å². The lowest BCUT2D eigenvalue weighted by molar-refractivity contribution is -0.138. The maximum absolute atomic E-state index is 13.0. The Balaban J connectivity index is 3.31. The third kappa shape index (κ3) is 3.49. The lowest BCUT2D eigenvalue weighted by Gasteiger charge is -2.21. The molecule has 0 saturated carbocycles. The normalized spacial score (nSPS) is 11.5. The molecule has 0 bridgehead atoms. The quantitative estimate of drug-likeness (QED) is 0.818. The summed E-state index contributed by atoms with van der Waals surface area (Å²) in [5.41, 5.74) is -0.541. The lowest BCUT2D eigenvalue weighted by atomic mass is 10.0. The van der Waals surface area contributed by atoms with Crippen molar-refractivity contribution in [3.63, 3.8) is 0 Å². The fourth-order valence-corrected chi connectivity index (χ4v) is 1.91. The zero-order valence-corrected chi connectivity index (χ0v) is 11.3. The first-order valence-corrected chi connectivity index (χ1v) is 6.34. The Morgan fingerprint density at radius 3 is 2.16 bits per heavy atom. The van der Waals surface area contributed by atoms with E-state index in [9.17, 15) is 18.0 Å². The summed E-state index contributed by atoms with van der Waals surface area (Å²) >= 11 is 0. The van der Waals surface area contributed by atoms with Crippen LogP contribution in [0, 0.1) is 0 Å². The predicted molar refractivity (Wildman–Crippen MR) is 68.1 cm³/mol. The van der Waals surface area contributed by atoms with Gasteiger partial charge in [-0.3, -0.25) is 4.79 Å². The predicted octanol–water partition coefficient (Wildman–Crippen LogP) is 3.75. The van der Waals surface area contributed by atoms with Crippen LogP contribution in [0.4, 0.5) is 13.2 Å². The summed E-state index contributed by atoms with van der Waals surface area (Å²) in [7, 11) is 0. The molecule has 19 heavy (non-hydrogen) atoms. The van der Waals surface area contributed by atoms with Gasteiger partial charge in [0.25, 0.3) is 5.91 Å². The van der Waals surface area contributed by atoms with Crippen LogP contribution in [0.15, 0.2) is 18.2 Å². The zero-order chi connectivity index (χ0) is 14.6. The van der Waals surface area contributed by atoms with E-state index in [1.165, 1.54) is 11.0 Å². The van der Waals surface area contributed by atoms with Gasteiger partial charge in [-0.05, 0) is 38.0 Å². The molecule has 0 N–H and O–H groups in total. The molecule has 0 aliphatic rings. The van der Waals surface area contributed by atoms with Crippen molar-refractivity contribution in [1.29, 1.82) is 0 Å². The number of nitrogens with zero attached hydrogens (tertiary/aromatic N) is 1. The largest absolute Gasteiger partial charge is 0.417 e. The van der Waals surface area contributed by atoms with E-state index in [4.69, 9.17) is 0 Å². The molecule has 0 aliphatic heterocycles. The van der Waals surface area contributed by atoms with Gasteiger partial charge < -0.3 is 4.90 Å². The average Bonchev–Trinajstić information content (AvgIpc) is 2.38. The minimum absolute atomic E-state index is 0.270. The van der Waals surface area contributed by atoms with Crippen LogP contribution in [0.3, 0.4) is 0 Å². The number of amides is 1. The van der Waals surface area contributed by atoms with Gasteiger partial charge in [-0.1, -0.05) is 13.0 Å². The maximum atomic E-state index is 13.0. The highest BCUT2D eigenvalue weighted by Crippen LogP contribution is 2.33. The fraction of sp³-hybridized carbons (Fsp3) is 0.500. The molecule has 1 aromatic rings. The third-order valence-corrected chi connectivity index (χ3v) is 3.08. The Labute approximate surface area is 111 Å². The van der Waals surface area contributed by atoms with Crippen LogP contribution < -0.4 is 0 Å². The Bertz CT molecular complexity index is 450. The number of alkyl halides is 3. The Morgan fingerprint density at radius 1 is 1.16 bits per heavy atom. The number of hydrogen-bond donors (Lipinski definition) is 0. The second kappa shape index (κ2) is 6.08. The monoisotopic (exact) mass is 273 g/mol. The van der Waals surface area contributed by atoms with Crippen LogP contribution in [0.1, 0.15) is 42.3 Å². The molecule has 0 fully saturated rings. The SMILES string of the molecule is CCc1ccc(C(=O)N(CC)CC)c(C(F)(F)F)c1. The van der Waals surface area contributed by atoms with Gasteiger partial charge >= 0.3 is 6.18 Å². The van der Waals surface area contributed by atoms with E-state index in [1.54, 1.807) is 26.8 Å². The molecular weight excluding hydrogens is 255 g/mol. The van der Waals surface area contributed by atoms with Gasteiger partial charge in [0.05, 0.1) is 11.1 Å². The van der Waals surface area contributed by atoms with Crippen molar-refractivity contribution in [3.05, 3.63) is 34.9 Å². The molecule has 0 aliphatic carbocycles. The highest BCUT2D eigenvalue weighted by atomic mass is 19.4. The Morgan fingerprint density at radius 2 is 1.74 bits per heavy atom. The smallest absolute Gasteiger partial charge is 0.339 e. The van der Waals surface area contributed by atoms with Crippen molar-refractivity contribution in [3.8, 4) is 0 Å². The molecule has 0 atom stereocenters. The van der Waals surface area contributed by atoms with Gasteiger partial charge in [0.2, 0.25) is 0 Å². The van der Waals surface area contributed by atoms with Crippen molar-refractivity contribution in [1.82, 2.24) is 4.90 Å². The number of carbonyl (C=O) groups excluding carboxylic acids is 1. The van der Waals surface area contributed by atoms with Crippen molar-refractivity contribution in [2.75, 3.05) is 13.1 Å². The maximum Gasteiger partial charge on any atom is 0.417 e. The molecule has 106 valence electrons. The fourth-order valence-electron chi connectivity index (χ4n) is 1.91. The molecule has 0 aromatic heterocycles. The van der Waals surface area contributed by atoms with Gasteiger partial charge in [0.1, 0.15) is 0 Å². The summed E-state index contributed by atoms with van der Waals surface area (Å²) in [5.74, 6) is -0.569. The standard InChI is InChI=1S/C14H18F3NO/c1-4-10-7-8-11(12(9-10)14(15,16)17)13(19)18(5-2)6-3/h7-9H,4-6H2,1-3H3.